The molecule has 3 N–H and O–H groups in total. The van der Waals surface area contributed by atoms with Crippen molar-refractivity contribution in [3.05, 3.63) is 47.0 Å². The molecule has 8 heteroatoms. The average molecular weight is 354 g/mol. The van der Waals surface area contributed by atoms with E-state index in [9.17, 15) is 9.59 Å². The van der Waals surface area contributed by atoms with E-state index >= 15 is 0 Å². The second-order valence-electron chi connectivity index (χ2n) is 5.04. The number of carbonyl (C=O) groups is 2. The van der Waals surface area contributed by atoms with Crippen LogP contribution in [0.1, 0.15) is 40.1 Å². The molecule has 8 nitrogen and oxygen atoms in total. The number of carbonyl (C=O) groups excluding carboxylic acids is 2. The fourth-order valence-electron chi connectivity index (χ4n) is 2.18. The van der Waals surface area contributed by atoms with E-state index in [1.807, 2.05) is 6.07 Å². The first-order chi connectivity index (χ1) is 12.5. The van der Waals surface area contributed by atoms with E-state index in [2.05, 4.69) is 10.3 Å². The van der Waals surface area contributed by atoms with Crippen LogP contribution in [0, 0.1) is 11.3 Å². The largest absolute Gasteiger partial charge is 0.462 e. The summed E-state index contributed by atoms with van der Waals surface area (Å²) in [4.78, 5) is 28.4. The highest BCUT2D eigenvalue weighted by Gasteiger charge is 2.20. The predicted octanol–water partition coefficient (Wildman–Crippen LogP) is 2.63. The smallest absolute Gasteiger partial charge is 0.341 e. The first-order valence-electron chi connectivity index (χ1n) is 7.92. The molecule has 0 aliphatic rings. The van der Waals surface area contributed by atoms with Crippen molar-refractivity contribution >= 4 is 29.3 Å². The van der Waals surface area contributed by atoms with Crippen molar-refractivity contribution in [1.29, 1.82) is 5.26 Å². The molecule has 0 saturated heterocycles. The Morgan fingerprint density at radius 3 is 2.38 bits per heavy atom. The summed E-state index contributed by atoms with van der Waals surface area (Å²) >= 11 is 0. The summed E-state index contributed by atoms with van der Waals surface area (Å²) in [5.41, 5.74) is 6.50. The van der Waals surface area contributed by atoms with Crippen molar-refractivity contribution in [1.82, 2.24) is 4.98 Å². The van der Waals surface area contributed by atoms with Gasteiger partial charge < -0.3 is 20.5 Å². The van der Waals surface area contributed by atoms with Crippen molar-refractivity contribution in [2.24, 2.45) is 0 Å². The lowest BCUT2D eigenvalue weighted by Crippen LogP contribution is -2.13. The van der Waals surface area contributed by atoms with Gasteiger partial charge in [-0.25, -0.2) is 14.6 Å². The van der Waals surface area contributed by atoms with E-state index in [0.29, 0.717) is 5.69 Å². The summed E-state index contributed by atoms with van der Waals surface area (Å²) in [6, 6.07) is 9.79. The predicted molar refractivity (Wildman–Crippen MR) is 95.0 cm³/mol. The molecular weight excluding hydrogens is 336 g/mol. The van der Waals surface area contributed by atoms with Crippen LogP contribution in [-0.2, 0) is 9.47 Å². The van der Waals surface area contributed by atoms with Crippen LogP contribution in [0.25, 0.3) is 0 Å². The van der Waals surface area contributed by atoms with Crippen molar-refractivity contribution in [3.63, 3.8) is 0 Å². The maximum Gasteiger partial charge on any atom is 0.341 e. The molecule has 0 atom stereocenters. The van der Waals surface area contributed by atoms with E-state index < -0.39 is 11.9 Å². The zero-order valence-electron chi connectivity index (χ0n) is 14.4. The molecule has 1 heterocycles. The minimum atomic E-state index is -0.660. The molecule has 134 valence electrons. The number of ether oxygens (including phenoxy) is 2. The van der Waals surface area contributed by atoms with E-state index in [0.717, 1.165) is 0 Å². The summed E-state index contributed by atoms with van der Waals surface area (Å²) in [6.07, 6.45) is 0. The highest BCUT2D eigenvalue weighted by atomic mass is 16.5. The highest BCUT2D eigenvalue weighted by molar-refractivity contribution is 5.99. The van der Waals surface area contributed by atoms with Gasteiger partial charge in [-0.1, -0.05) is 12.1 Å². The van der Waals surface area contributed by atoms with Crippen molar-refractivity contribution in [3.8, 4) is 6.07 Å². The van der Waals surface area contributed by atoms with Gasteiger partial charge in [0.1, 0.15) is 23.3 Å². The lowest BCUT2D eigenvalue weighted by atomic mass is 10.1. The number of benzene rings is 1. The number of nitrogen functional groups attached to an aromatic ring is 1. The third-order valence-electron chi connectivity index (χ3n) is 3.34. The molecule has 26 heavy (non-hydrogen) atoms. The molecule has 0 spiro atoms. The monoisotopic (exact) mass is 354 g/mol. The van der Waals surface area contributed by atoms with E-state index in [4.69, 9.17) is 20.5 Å². The SMILES string of the molecule is CCOC(=O)c1ccccc1Nc1nc(N)c(C#N)cc1C(=O)OCC. The Morgan fingerprint density at radius 2 is 1.77 bits per heavy atom. The standard InChI is InChI=1S/C18H18N4O4/c1-3-25-17(23)12-7-5-6-8-14(12)21-16-13(18(24)26-4-2)9-11(10-19)15(20)22-16/h5-9H,3-4H2,1-2H3,(H3,20,21,22). The van der Waals surface area contributed by atoms with Crippen LogP contribution in [0.15, 0.2) is 30.3 Å². The summed E-state index contributed by atoms with van der Waals surface area (Å²) in [5, 5.41) is 12.0. The molecule has 0 radical (unpaired) electrons. The Kier molecular flexibility index (Phi) is 6.11. The Balaban J connectivity index is 2.50. The number of hydrogen-bond donors (Lipinski definition) is 2. The molecule has 0 bridgehead atoms. The number of nitrogens with zero attached hydrogens (tertiary/aromatic N) is 2. The highest BCUT2D eigenvalue weighted by Crippen LogP contribution is 2.26. The normalized spacial score (nSPS) is 9.88. The number of aromatic nitrogens is 1. The van der Waals surface area contributed by atoms with Crippen LogP contribution < -0.4 is 11.1 Å². The summed E-state index contributed by atoms with van der Waals surface area (Å²) in [6.45, 7) is 3.75. The molecule has 0 saturated carbocycles. The van der Waals surface area contributed by atoms with Gasteiger partial charge in [-0.2, -0.15) is 5.26 Å². The maximum absolute atomic E-state index is 12.2. The number of esters is 2. The van der Waals surface area contributed by atoms with Crippen LogP contribution >= 0.6 is 0 Å². The molecule has 0 fully saturated rings. The lowest BCUT2D eigenvalue weighted by molar-refractivity contribution is 0.0518. The first-order valence-corrected chi connectivity index (χ1v) is 7.92. The van der Waals surface area contributed by atoms with Gasteiger partial charge in [0.05, 0.1) is 30.0 Å². The molecule has 0 aliphatic heterocycles. The van der Waals surface area contributed by atoms with E-state index in [1.54, 1.807) is 38.1 Å². The average Bonchev–Trinajstić information content (AvgIpc) is 2.62. The second kappa shape index (κ2) is 8.48. The van der Waals surface area contributed by atoms with Crippen LogP contribution in [0.2, 0.25) is 0 Å². The molecular formula is C18H18N4O4. The minimum Gasteiger partial charge on any atom is -0.462 e. The quantitative estimate of drug-likeness (QED) is 0.758. The Hall–Kier alpha value is -3.60. The molecule has 2 rings (SSSR count). The fourth-order valence-corrected chi connectivity index (χ4v) is 2.18. The lowest BCUT2D eigenvalue weighted by Gasteiger charge is -2.14. The molecule has 0 unspecified atom stereocenters. The second-order valence-corrected chi connectivity index (χ2v) is 5.04. The number of nitrogens with one attached hydrogen (secondary N) is 1. The Labute approximate surface area is 150 Å². The zero-order chi connectivity index (χ0) is 19.1. The number of pyridine rings is 1. The van der Waals surface area contributed by atoms with Crippen LogP contribution in [0.5, 0.6) is 0 Å². The Morgan fingerprint density at radius 1 is 1.15 bits per heavy atom. The number of anilines is 3. The van der Waals surface area contributed by atoms with Gasteiger partial charge in [0.15, 0.2) is 0 Å². The third kappa shape index (κ3) is 4.08. The van der Waals surface area contributed by atoms with Gasteiger partial charge in [-0.15, -0.1) is 0 Å². The number of para-hydroxylation sites is 1. The van der Waals surface area contributed by atoms with Crippen LogP contribution in [0.3, 0.4) is 0 Å². The number of rotatable bonds is 6. The van der Waals surface area contributed by atoms with Crippen molar-refractivity contribution in [2.75, 3.05) is 24.3 Å². The van der Waals surface area contributed by atoms with Gasteiger partial charge in [-0.3, -0.25) is 0 Å². The molecule has 0 aliphatic carbocycles. The van der Waals surface area contributed by atoms with E-state index in [-0.39, 0.29) is 41.5 Å². The summed E-state index contributed by atoms with van der Waals surface area (Å²) in [5.74, 6) is -1.14. The van der Waals surface area contributed by atoms with Gasteiger partial charge >= 0.3 is 11.9 Å². The van der Waals surface area contributed by atoms with E-state index in [1.165, 1.54) is 6.07 Å². The number of nitrogens with two attached hydrogens (primary N) is 1. The first kappa shape index (κ1) is 18.7. The summed E-state index contributed by atoms with van der Waals surface area (Å²) < 4.78 is 10.0. The van der Waals surface area contributed by atoms with Gasteiger partial charge in [-0.05, 0) is 32.0 Å². The summed E-state index contributed by atoms with van der Waals surface area (Å²) in [7, 11) is 0. The molecule has 0 amide bonds. The fraction of sp³-hybridized carbons (Fsp3) is 0.222. The number of hydrogen-bond acceptors (Lipinski definition) is 8. The molecule has 1 aromatic heterocycles. The molecule has 1 aromatic carbocycles. The topological polar surface area (TPSA) is 127 Å². The Bertz CT molecular complexity index is 874. The third-order valence-corrected chi connectivity index (χ3v) is 3.34. The molecule has 2 aromatic rings. The van der Waals surface area contributed by atoms with Crippen molar-refractivity contribution < 1.29 is 19.1 Å². The van der Waals surface area contributed by atoms with Gasteiger partial charge in [0.25, 0.3) is 0 Å². The maximum atomic E-state index is 12.2. The van der Waals surface area contributed by atoms with Crippen LogP contribution in [0.4, 0.5) is 17.3 Å². The van der Waals surface area contributed by atoms with Gasteiger partial charge in [0, 0.05) is 0 Å². The number of nitriles is 1. The van der Waals surface area contributed by atoms with Crippen LogP contribution in [-0.4, -0.2) is 30.1 Å². The minimum absolute atomic E-state index is 0.0382. The zero-order valence-corrected chi connectivity index (χ0v) is 14.4. The van der Waals surface area contributed by atoms with Crippen molar-refractivity contribution in [2.45, 2.75) is 13.8 Å². The van der Waals surface area contributed by atoms with Gasteiger partial charge in [0.2, 0.25) is 0 Å².